The van der Waals surface area contributed by atoms with Crippen LogP contribution in [0.25, 0.3) is 11.1 Å². The van der Waals surface area contributed by atoms with E-state index in [0.29, 0.717) is 11.4 Å². The Morgan fingerprint density at radius 3 is 2.46 bits per heavy atom. The maximum atomic E-state index is 12.1. The van der Waals surface area contributed by atoms with Gasteiger partial charge in [0.1, 0.15) is 5.69 Å². The standard InChI is InChI=1S/C20H22N6O2/c1-25(2)18-12-21-10-8-16(18)14-4-6-15(7-5-14)24-19(27)13-22-20(28)17-9-11-23-26(17)3/h4-12H,13H2,1-3H3,(H,22,28)(H,24,27). The molecule has 3 rings (SSSR count). The number of pyridine rings is 1. The van der Waals surface area contributed by atoms with E-state index in [2.05, 4.69) is 20.7 Å². The fourth-order valence-electron chi connectivity index (χ4n) is 2.77. The number of aryl methyl sites for hydroxylation is 1. The van der Waals surface area contributed by atoms with Crippen molar-refractivity contribution in [2.45, 2.75) is 0 Å². The zero-order valence-electron chi connectivity index (χ0n) is 16.0. The molecule has 2 N–H and O–H groups in total. The van der Waals surface area contributed by atoms with E-state index in [1.54, 1.807) is 19.3 Å². The second-order valence-electron chi connectivity index (χ2n) is 6.44. The summed E-state index contributed by atoms with van der Waals surface area (Å²) >= 11 is 0. The van der Waals surface area contributed by atoms with Crippen LogP contribution in [0.5, 0.6) is 0 Å². The second-order valence-corrected chi connectivity index (χ2v) is 6.44. The van der Waals surface area contributed by atoms with Crippen molar-refractivity contribution >= 4 is 23.2 Å². The van der Waals surface area contributed by atoms with E-state index in [1.165, 1.54) is 10.9 Å². The predicted molar refractivity (Wildman–Crippen MR) is 108 cm³/mol. The average molecular weight is 378 g/mol. The topological polar surface area (TPSA) is 92.2 Å². The largest absolute Gasteiger partial charge is 0.376 e. The van der Waals surface area contributed by atoms with E-state index in [-0.39, 0.29) is 18.4 Å². The fourth-order valence-corrected chi connectivity index (χ4v) is 2.77. The molecule has 0 saturated heterocycles. The normalized spacial score (nSPS) is 10.4. The molecular weight excluding hydrogens is 356 g/mol. The van der Waals surface area contributed by atoms with Crippen molar-refractivity contribution < 1.29 is 9.59 Å². The highest BCUT2D eigenvalue weighted by Gasteiger charge is 2.12. The van der Waals surface area contributed by atoms with Gasteiger partial charge in [-0.15, -0.1) is 0 Å². The Kier molecular flexibility index (Phi) is 5.69. The Hall–Kier alpha value is -3.68. The Morgan fingerprint density at radius 1 is 1.07 bits per heavy atom. The van der Waals surface area contributed by atoms with Crippen molar-refractivity contribution in [1.82, 2.24) is 20.1 Å². The van der Waals surface area contributed by atoms with Crippen LogP contribution in [-0.4, -0.2) is 47.2 Å². The van der Waals surface area contributed by atoms with Gasteiger partial charge in [-0.1, -0.05) is 12.1 Å². The summed E-state index contributed by atoms with van der Waals surface area (Å²) in [7, 11) is 5.60. The van der Waals surface area contributed by atoms with Gasteiger partial charge in [0.05, 0.1) is 18.4 Å². The van der Waals surface area contributed by atoms with E-state index in [1.807, 2.05) is 55.5 Å². The quantitative estimate of drug-likeness (QED) is 0.684. The summed E-state index contributed by atoms with van der Waals surface area (Å²) in [5.41, 5.74) is 4.14. The fraction of sp³-hybridized carbons (Fsp3) is 0.200. The third-order valence-corrected chi connectivity index (χ3v) is 4.22. The summed E-state index contributed by atoms with van der Waals surface area (Å²) < 4.78 is 1.45. The summed E-state index contributed by atoms with van der Waals surface area (Å²) in [6.07, 6.45) is 5.10. The number of carbonyl (C=O) groups excluding carboxylic acids is 2. The first-order valence-electron chi connectivity index (χ1n) is 8.73. The molecule has 3 aromatic rings. The van der Waals surface area contributed by atoms with Crippen LogP contribution in [0.2, 0.25) is 0 Å². The zero-order valence-corrected chi connectivity index (χ0v) is 16.0. The minimum atomic E-state index is -0.348. The number of carbonyl (C=O) groups is 2. The van der Waals surface area contributed by atoms with Crippen LogP contribution in [0.1, 0.15) is 10.5 Å². The molecular formula is C20H22N6O2. The van der Waals surface area contributed by atoms with E-state index >= 15 is 0 Å². The molecule has 2 heterocycles. The lowest BCUT2D eigenvalue weighted by atomic mass is 10.0. The molecule has 0 saturated carbocycles. The third-order valence-electron chi connectivity index (χ3n) is 4.22. The average Bonchev–Trinajstić information content (AvgIpc) is 3.13. The molecule has 28 heavy (non-hydrogen) atoms. The maximum Gasteiger partial charge on any atom is 0.269 e. The summed E-state index contributed by atoms with van der Waals surface area (Å²) in [6, 6.07) is 11.1. The van der Waals surface area contributed by atoms with Gasteiger partial charge in [-0.05, 0) is 29.8 Å². The highest BCUT2D eigenvalue weighted by Crippen LogP contribution is 2.29. The van der Waals surface area contributed by atoms with Crippen molar-refractivity contribution in [1.29, 1.82) is 0 Å². The van der Waals surface area contributed by atoms with Crippen molar-refractivity contribution in [3.8, 4) is 11.1 Å². The number of anilines is 2. The first-order valence-corrected chi connectivity index (χ1v) is 8.73. The van der Waals surface area contributed by atoms with Crippen molar-refractivity contribution in [2.24, 2.45) is 7.05 Å². The second kappa shape index (κ2) is 8.34. The SMILES string of the molecule is CN(C)c1cnccc1-c1ccc(NC(=O)CNC(=O)c2ccnn2C)cc1. The lowest BCUT2D eigenvalue weighted by molar-refractivity contribution is -0.115. The number of hydrogen-bond acceptors (Lipinski definition) is 5. The minimum absolute atomic E-state index is 0.124. The number of amides is 2. The van der Waals surface area contributed by atoms with Crippen LogP contribution in [0.15, 0.2) is 55.0 Å². The summed E-state index contributed by atoms with van der Waals surface area (Å²) in [5.74, 6) is -0.652. The first kappa shape index (κ1) is 19.1. The summed E-state index contributed by atoms with van der Waals surface area (Å²) in [5, 5.41) is 9.28. The van der Waals surface area contributed by atoms with Crippen molar-refractivity contribution in [3.63, 3.8) is 0 Å². The molecule has 1 aromatic carbocycles. The maximum absolute atomic E-state index is 12.1. The molecule has 0 aliphatic carbocycles. The monoisotopic (exact) mass is 378 g/mol. The Balaban J connectivity index is 1.61. The van der Waals surface area contributed by atoms with Crippen molar-refractivity contribution in [3.05, 3.63) is 60.7 Å². The first-order chi connectivity index (χ1) is 13.5. The van der Waals surface area contributed by atoms with Gasteiger partial charge in [-0.2, -0.15) is 5.10 Å². The van der Waals surface area contributed by atoms with Gasteiger partial charge in [-0.25, -0.2) is 0 Å². The number of nitrogens with zero attached hydrogens (tertiary/aromatic N) is 4. The summed E-state index contributed by atoms with van der Waals surface area (Å²) in [6.45, 7) is -0.124. The van der Waals surface area contributed by atoms with Crippen LogP contribution < -0.4 is 15.5 Å². The van der Waals surface area contributed by atoms with Gasteiger partial charge in [0, 0.05) is 44.8 Å². The van der Waals surface area contributed by atoms with Gasteiger partial charge < -0.3 is 15.5 Å². The molecule has 144 valence electrons. The number of aromatic nitrogens is 3. The number of hydrogen-bond donors (Lipinski definition) is 2. The van der Waals surface area contributed by atoms with Gasteiger partial charge in [0.25, 0.3) is 5.91 Å². The third kappa shape index (κ3) is 4.35. The highest BCUT2D eigenvalue weighted by atomic mass is 16.2. The Bertz CT molecular complexity index is 978. The van der Waals surface area contributed by atoms with Gasteiger partial charge in [0.15, 0.2) is 0 Å². The Morgan fingerprint density at radius 2 is 1.82 bits per heavy atom. The number of benzene rings is 1. The smallest absolute Gasteiger partial charge is 0.269 e. The van der Waals surface area contributed by atoms with Crippen LogP contribution in [0.4, 0.5) is 11.4 Å². The molecule has 0 aliphatic heterocycles. The van der Waals surface area contributed by atoms with Gasteiger partial charge in [-0.3, -0.25) is 19.3 Å². The lowest BCUT2D eigenvalue weighted by Crippen LogP contribution is -2.33. The molecule has 8 heteroatoms. The van der Waals surface area contributed by atoms with Crippen LogP contribution in [-0.2, 0) is 11.8 Å². The lowest BCUT2D eigenvalue weighted by Gasteiger charge is -2.17. The van der Waals surface area contributed by atoms with E-state index in [9.17, 15) is 9.59 Å². The number of nitrogens with one attached hydrogen (secondary N) is 2. The molecule has 0 radical (unpaired) electrons. The molecule has 2 amide bonds. The molecule has 0 bridgehead atoms. The number of rotatable bonds is 6. The Labute approximate surface area is 163 Å². The molecule has 2 aromatic heterocycles. The minimum Gasteiger partial charge on any atom is -0.376 e. The van der Waals surface area contributed by atoms with Crippen LogP contribution in [0.3, 0.4) is 0 Å². The molecule has 0 spiro atoms. The van der Waals surface area contributed by atoms with Crippen LogP contribution in [0, 0.1) is 0 Å². The van der Waals surface area contributed by atoms with Crippen molar-refractivity contribution in [2.75, 3.05) is 30.9 Å². The van der Waals surface area contributed by atoms with E-state index in [4.69, 9.17) is 0 Å². The molecule has 0 fully saturated rings. The summed E-state index contributed by atoms with van der Waals surface area (Å²) in [4.78, 5) is 30.3. The molecule has 8 nitrogen and oxygen atoms in total. The van der Waals surface area contributed by atoms with Gasteiger partial charge >= 0.3 is 0 Å². The van der Waals surface area contributed by atoms with Gasteiger partial charge in [0.2, 0.25) is 5.91 Å². The predicted octanol–water partition coefficient (Wildman–Crippen LogP) is 1.92. The van der Waals surface area contributed by atoms with E-state index in [0.717, 1.165) is 16.8 Å². The molecule has 0 unspecified atom stereocenters. The zero-order chi connectivity index (χ0) is 20.1. The molecule has 0 aliphatic rings. The van der Waals surface area contributed by atoms with Crippen LogP contribution >= 0.6 is 0 Å². The molecule has 0 atom stereocenters. The highest BCUT2D eigenvalue weighted by molar-refractivity contribution is 5.98. The van der Waals surface area contributed by atoms with E-state index < -0.39 is 0 Å².